The van der Waals surface area contributed by atoms with Crippen molar-refractivity contribution in [2.24, 2.45) is 0 Å². The number of para-hydroxylation sites is 1. The van der Waals surface area contributed by atoms with Crippen molar-refractivity contribution in [3.8, 4) is 0 Å². The molecule has 6 heteroatoms. The van der Waals surface area contributed by atoms with Crippen LogP contribution in [0, 0.1) is 6.92 Å². The van der Waals surface area contributed by atoms with Crippen LogP contribution in [0.25, 0.3) is 10.9 Å². The van der Waals surface area contributed by atoms with E-state index in [9.17, 15) is 9.59 Å². The van der Waals surface area contributed by atoms with E-state index in [2.05, 4.69) is 46.7 Å². The van der Waals surface area contributed by atoms with E-state index in [1.165, 1.54) is 16.5 Å². The van der Waals surface area contributed by atoms with Crippen molar-refractivity contribution >= 4 is 22.9 Å². The second-order valence-corrected chi connectivity index (χ2v) is 9.07. The van der Waals surface area contributed by atoms with Crippen LogP contribution in [0.15, 0.2) is 48.5 Å². The van der Waals surface area contributed by atoms with E-state index in [-0.39, 0.29) is 18.5 Å². The van der Waals surface area contributed by atoms with Gasteiger partial charge in [0.25, 0.3) is 0 Å². The number of alkyl carbamates (subject to hydrolysis) is 1. The van der Waals surface area contributed by atoms with Gasteiger partial charge < -0.3 is 19.9 Å². The molecule has 6 nitrogen and oxygen atoms in total. The van der Waals surface area contributed by atoms with Crippen molar-refractivity contribution in [1.29, 1.82) is 0 Å². The van der Waals surface area contributed by atoms with Crippen LogP contribution in [-0.2, 0) is 16.0 Å². The molecule has 0 bridgehead atoms. The molecule has 1 atom stereocenters. The minimum atomic E-state index is -0.609. The normalized spacial score (nSPS) is 16.1. The Labute approximate surface area is 182 Å². The first-order chi connectivity index (χ1) is 14.7. The molecule has 3 aromatic rings. The Morgan fingerprint density at radius 1 is 1.13 bits per heavy atom. The lowest BCUT2D eigenvalue weighted by atomic mass is 9.92. The van der Waals surface area contributed by atoms with E-state index in [4.69, 9.17) is 4.74 Å². The summed E-state index contributed by atoms with van der Waals surface area (Å²) in [6, 6.07) is 16.3. The van der Waals surface area contributed by atoms with Crippen molar-refractivity contribution in [1.82, 2.24) is 15.2 Å². The predicted octanol–water partition coefficient (Wildman–Crippen LogP) is 4.48. The minimum absolute atomic E-state index is 0.104. The molecule has 0 radical (unpaired) electrons. The number of nitrogens with zero attached hydrogens (tertiary/aromatic N) is 1. The molecule has 2 aromatic carbocycles. The molecule has 1 unspecified atom stereocenters. The highest BCUT2D eigenvalue weighted by Gasteiger charge is 2.34. The van der Waals surface area contributed by atoms with E-state index in [1.807, 2.05) is 24.0 Å². The van der Waals surface area contributed by atoms with Crippen LogP contribution in [0.3, 0.4) is 0 Å². The lowest BCUT2D eigenvalue weighted by Crippen LogP contribution is -2.46. The van der Waals surface area contributed by atoms with E-state index in [1.54, 1.807) is 20.8 Å². The maximum absolute atomic E-state index is 13.2. The van der Waals surface area contributed by atoms with E-state index in [0.717, 1.165) is 23.2 Å². The molecule has 4 rings (SSSR count). The van der Waals surface area contributed by atoms with E-state index in [0.29, 0.717) is 6.54 Å². The van der Waals surface area contributed by atoms with Gasteiger partial charge in [0, 0.05) is 23.1 Å². The zero-order valence-corrected chi connectivity index (χ0v) is 18.5. The quantitative estimate of drug-likeness (QED) is 0.658. The number of carbonyl (C=O) groups excluding carboxylic acids is 2. The summed E-state index contributed by atoms with van der Waals surface area (Å²) in [7, 11) is 0. The van der Waals surface area contributed by atoms with Gasteiger partial charge in [0.15, 0.2) is 0 Å². The van der Waals surface area contributed by atoms with Crippen LogP contribution >= 0.6 is 0 Å². The number of amides is 2. The predicted molar refractivity (Wildman–Crippen MR) is 121 cm³/mol. The Morgan fingerprint density at radius 2 is 1.84 bits per heavy atom. The van der Waals surface area contributed by atoms with Gasteiger partial charge >= 0.3 is 6.09 Å². The number of hydrogen-bond acceptors (Lipinski definition) is 3. The first-order valence-electron chi connectivity index (χ1n) is 10.7. The zero-order valence-electron chi connectivity index (χ0n) is 18.5. The number of aryl methyl sites for hydroxylation is 1. The monoisotopic (exact) mass is 419 g/mol. The van der Waals surface area contributed by atoms with Gasteiger partial charge in [0.05, 0.1) is 6.04 Å². The molecule has 2 heterocycles. The largest absolute Gasteiger partial charge is 0.444 e. The van der Waals surface area contributed by atoms with E-state index < -0.39 is 11.7 Å². The lowest BCUT2D eigenvalue weighted by molar-refractivity contribution is -0.132. The highest BCUT2D eigenvalue weighted by Crippen LogP contribution is 2.38. The molecule has 162 valence electrons. The SMILES string of the molecule is Cc1ccc(C2c3[nH]c4ccccc4c3CCN2C(=O)CNC(=O)OC(C)(C)C)cc1. The third-order valence-corrected chi connectivity index (χ3v) is 5.53. The van der Waals surface area contributed by atoms with Crippen molar-refractivity contribution in [3.05, 3.63) is 70.9 Å². The third-order valence-electron chi connectivity index (χ3n) is 5.53. The Bertz CT molecular complexity index is 1110. The van der Waals surface area contributed by atoms with Gasteiger partial charge in [-0.1, -0.05) is 48.0 Å². The smallest absolute Gasteiger partial charge is 0.408 e. The molecule has 1 aliphatic rings. The van der Waals surface area contributed by atoms with Gasteiger partial charge in [-0.3, -0.25) is 4.79 Å². The molecule has 2 amide bonds. The van der Waals surface area contributed by atoms with Crippen LogP contribution in [-0.4, -0.2) is 40.6 Å². The minimum Gasteiger partial charge on any atom is -0.444 e. The molecule has 1 aliphatic heterocycles. The highest BCUT2D eigenvalue weighted by atomic mass is 16.6. The van der Waals surface area contributed by atoms with Gasteiger partial charge in [0.1, 0.15) is 12.1 Å². The molecule has 31 heavy (non-hydrogen) atoms. The van der Waals surface area contributed by atoms with Crippen molar-refractivity contribution in [2.45, 2.75) is 45.8 Å². The maximum Gasteiger partial charge on any atom is 0.408 e. The van der Waals surface area contributed by atoms with E-state index >= 15 is 0 Å². The third kappa shape index (κ3) is 4.43. The van der Waals surface area contributed by atoms with Crippen LogP contribution in [0.5, 0.6) is 0 Å². The first-order valence-corrected chi connectivity index (χ1v) is 10.7. The number of benzene rings is 2. The number of aromatic nitrogens is 1. The summed E-state index contributed by atoms with van der Waals surface area (Å²) in [5.74, 6) is -0.138. The van der Waals surface area contributed by atoms with Gasteiger partial charge in [-0.25, -0.2) is 4.79 Å². The molecule has 2 N–H and O–H groups in total. The number of rotatable bonds is 3. The first kappa shape index (κ1) is 21.0. The topological polar surface area (TPSA) is 74.4 Å². The average Bonchev–Trinajstić information content (AvgIpc) is 3.09. The highest BCUT2D eigenvalue weighted by molar-refractivity contribution is 5.87. The Morgan fingerprint density at radius 3 is 2.55 bits per heavy atom. The molecule has 1 aromatic heterocycles. The number of nitrogens with one attached hydrogen (secondary N) is 2. The fourth-order valence-corrected chi connectivity index (χ4v) is 4.17. The maximum atomic E-state index is 13.2. The van der Waals surface area contributed by atoms with Crippen molar-refractivity contribution in [2.75, 3.05) is 13.1 Å². The number of carbonyl (C=O) groups is 2. The van der Waals surface area contributed by atoms with Gasteiger partial charge in [0.2, 0.25) is 5.91 Å². The fraction of sp³-hybridized carbons (Fsp3) is 0.360. The summed E-state index contributed by atoms with van der Waals surface area (Å²) in [5, 5.41) is 3.81. The van der Waals surface area contributed by atoms with Gasteiger partial charge in [-0.15, -0.1) is 0 Å². The Hall–Kier alpha value is -3.28. The van der Waals surface area contributed by atoms with Gasteiger partial charge in [-0.05, 0) is 51.3 Å². The van der Waals surface area contributed by atoms with Gasteiger partial charge in [-0.2, -0.15) is 0 Å². The Balaban J connectivity index is 1.64. The number of hydrogen-bond donors (Lipinski definition) is 2. The molecule has 0 saturated carbocycles. The number of H-pyrrole nitrogens is 1. The van der Waals surface area contributed by atoms with Crippen LogP contribution in [0.4, 0.5) is 4.79 Å². The van der Waals surface area contributed by atoms with Crippen LogP contribution < -0.4 is 5.32 Å². The standard InChI is InChI=1S/C25H29N3O3/c1-16-9-11-17(12-10-16)23-22-19(18-7-5-6-8-20(18)27-22)13-14-28(23)21(29)15-26-24(30)31-25(2,3)4/h5-12,23,27H,13-15H2,1-4H3,(H,26,30). The summed E-state index contributed by atoms with van der Waals surface area (Å²) in [5.41, 5.74) is 4.98. The summed E-state index contributed by atoms with van der Waals surface area (Å²) < 4.78 is 5.27. The summed E-state index contributed by atoms with van der Waals surface area (Å²) in [6.07, 6.45) is 0.177. The second-order valence-electron chi connectivity index (χ2n) is 9.07. The van der Waals surface area contributed by atoms with Crippen LogP contribution in [0.1, 0.15) is 49.2 Å². The molecular weight excluding hydrogens is 390 g/mol. The summed E-state index contributed by atoms with van der Waals surface area (Å²) in [6.45, 7) is 7.92. The molecule has 0 aliphatic carbocycles. The molecule has 0 spiro atoms. The average molecular weight is 420 g/mol. The van der Waals surface area contributed by atoms with Crippen LogP contribution in [0.2, 0.25) is 0 Å². The van der Waals surface area contributed by atoms with Crippen molar-refractivity contribution < 1.29 is 14.3 Å². The number of fused-ring (bicyclic) bond motifs is 3. The van der Waals surface area contributed by atoms with Crippen molar-refractivity contribution in [3.63, 3.8) is 0 Å². The molecular formula is C25H29N3O3. The second kappa shape index (κ2) is 8.10. The summed E-state index contributed by atoms with van der Waals surface area (Å²) >= 11 is 0. The zero-order chi connectivity index (χ0) is 22.2. The molecule has 0 fully saturated rings. The fourth-order valence-electron chi connectivity index (χ4n) is 4.17. The summed E-state index contributed by atoms with van der Waals surface area (Å²) in [4.78, 5) is 30.6. The molecule has 0 saturated heterocycles. The number of ether oxygens (including phenoxy) is 1. The lowest BCUT2D eigenvalue weighted by Gasteiger charge is -2.36. The number of aromatic amines is 1. The Kier molecular flexibility index (Phi) is 5.48.